The Hall–Kier alpha value is -4.20. The van der Waals surface area contributed by atoms with Gasteiger partial charge in [-0.2, -0.15) is 0 Å². The van der Waals surface area contributed by atoms with E-state index < -0.39 is 0 Å². The van der Waals surface area contributed by atoms with E-state index in [9.17, 15) is 0 Å². The van der Waals surface area contributed by atoms with E-state index in [-0.39, 0.29) is 35.0 Å². The maximum atomic E-state index is 5.07. The first-order valence-electron chi connectivity index (χ1n) is 17.2. The highest BCUT2D eigenvalue weighted by Crippen LogP contribution is 2.32. The first-order chi connectivity index (χ1) is 22.3. The van der Waals surface area contributed by atoms with Crippen LogP contribution in [0.5, 0.6) is 0 Å². The molecule has 1 aliphatic heterocycles. The van der Waals surface area contributed by atoms with Crippen LogP contribution in [0.4, 0.5) is 0 Å². The molecule has 8 bridgehead atoms. The standard InChI is InChI=1S/C38H48N8/c1-37(2)33-17-13-25(43-33)21-39-29-9-5-7-11-31(29)41-23-27-15-19-35(45-27)38(3,4)36-20-16-28(46-36)24-42-32-12-8-6-10-30(32)40-22-26-14-18-34(37)44-26/h13-24,29-32,43-46H,5-12H2,1-4H3/t29-,30-,31-,32-/m1/s1. The van der Waals surface area contributed by atoms with Gasteiger partial charge in [-0.05, 0) is 102 Å². The van der Waals surface area contributed by atoms with Crippen molar-refractivity contribution < 1.29 is 0 Å². The van der Waals surface area contributed by atoms with Gasteiger partial charge in [-0.3, -0.25) is 20.0 Å². The quantitative estimate of drug-likeness (QED) is 0.155. The topological polar surface area (TPSA) is 113 Å². The summed E-state index contributed by atoms with van der Waals surface area (Å²) in [5, 5.41) is 0. The second kappa shape index (κ2) is 12.5. The van der Waals surface area contributed by atoms with E-state index in [1.54, 1.807) is 0 Å². The lowest BCUT2D eigenvalue weighted by Crippen LogP contribution is -2.27. The number of nitrogens with zero attached hydrogens (tertiary/aromatic N) is 4. The van der Waals surface area contributed by atoms with Crippen LogP contribution in [0.3, 0.4) is 0 Å². The number of H-pyrrole nitrogens is 4. The average molecular weight is 617 g/mol. The Morgan fingerprint density at radius 3 is 0.891 bits per heavy atom. The number of rotatable bonds is 0. The minimum absolute atomic E-state index is 0.183. The van der Waals surface area contributed by atoms with Gasteiger partial charge in [0.2, 0.25) is 0 Å². The lowest BCUT2D eigenvalue weighted by molar-refractivity contribution is 0.390. The van der Waals surface area contributed by atoms with Gasteiger partial charge in [0.05, 0.1) is 46.9 Å². The highest BCUT2D eigenvalue weighted by Gasteiger charge is 2.29. The molecule has 46 heavy (non-hydrogen) atoms. The number of aromatic nitrogens is 4. The highest BCUT2D eigenvalue weighted by atomic mass is 14.9. The molecule has 4 N–H and O–H groups in total. The number of aromatic amines is 4. The molecule has 7 rings (SSSR count). The van der Waals surface area contributed by atoms with Gasteiger partial charge in [0, 0.05) is 58.5 Å². The molecule has 3 aliphatic rings. The van der Waals surface area contributed by atoms with Crippen LogP contribution in [0.1, 0.15) is 125 Å². The monoisotopic (exact) mass is 616 g/mol. The second-order valence-corrected chi connectivity index (χ2v) is 14.5. The first-order valence-corrected chi connectivity index (χ1v) is 17.2. The molecule has 0 aromatic carbocycles. The lowest BCUT2D eigenvalue weighted by atomic mass is 9.86. The van der Waals surface area contributed by atoms with Crippen molar-refractivity contribution in [3.63, 3.8) is 0 Å². The van der Waals surface area contributed by atoms with Crippen LogP contribution in [-0.4, -0.2) is 69.0 Å². The number of hydrogen-bond acceptors (Lipinski definition) is 4. The first kappa shape index (κ1) is 30.5. The van der Waals surface area contributed by atoms with Crippen LogP contribution in [0.25, 0.3) is 0 Å². The number of hydrogen-bond donors (Lipinski definition) is 4. The van der Waals surface area contributed by atoms with E-state index in [1.165, 1.54) is 25.7 Å². The van der Waals surface area contributed by atoms with E-state index in [2.05, 4.69) is 96.2 Å². The minimum Gasteiger partial charge on any atom is -0.357 e. The third kappa shape index (κ3) is 6.26. The maximum Gasteiger partial charge on any atom is 0.0723 e. The number of nitrogens with one attached hydrogen (secondary N) is 4. The summed E-state index contributed by atoms with van der Waals surface area (Å²) >= 11 is 0. The van der Waals surface area contributed by atoms with Gasteiger partial charge in [0.25, 0.3) is 0 Å². The smallest absolute Gasteiger partial charge is 0.0723 e. The fourth-order valence-corrected chi connectivity index (χ4v) is 7.28. The van der Waals surface area contributed by atoms with Gasteiger partial charge in [-0.1, -0.05) is 25.7 Å². The fraction of sp³-hybridized carbons (Fsp3) is 0.474. The molecule has 8 nitrogen and oxygen atoms in total. The molecule has 2 fully saturated rings. The van der Waals surface area contributed by atoms with Gasteiger partial charge in [0.15, 0.2) is 0 Å². The Labute approximate surface area is 272 Å². The van der Waals surface area contributed by atoms with Crippen molar-refractivity contribution >= 4 is 24.9 Å². The third-order valence-electron chi connectivity index (χ3n) is 10.5. The van der Waals surface area contributed by atoms with Crippen molar-refractivity contribution in [1.82, 2.24) is 19.9 Å². The molecule has 0 amide bonds. The van der Waals surface area contributed by atoms with E-state index in [0.717, 1.165) is 71.2 Å². The van der Waals surface area contributed by atoms with Gasteiger partial charge in [-0.15, -0.1) is 0 Å². The van der Waals surface area contributed by atoms with E-state index in [1.807, 2.05) is 24.9 Å². The average Bonchev–Trinajstić information content (AvgIpc) is 3.89. The van der Waals surface area contributed by atoms with Crippen molar-refractivity contribution in [2.45, 2.75) is 114 Å². The summed E-state index contributed by atoms with van der Waals surface area (Å²) in [7, 11) is 0. The molecule has 0 saturated heterocycles. The minimum atomic E-state index is -0.225. The van der Waals surface area contributed by atoms with E-state index in [4.69, 9.17) is 20.0 Å². The SMILES string of the molecule is CC1(C)c2ccc([nH]2)C=N[C@@H]2CCCC[C@H]2N=Cc2ccc([nH]2)C(C)(C)c2ccc([nH]2)C=N[C@@H]2CCCC[C@H]2N=Cc2ccc1[nH]2. The molecule has 0 unspecified atom stereocenters. The van der Waals surface area contributed by atoms with E-state index in [0.29, 0.717) is 0 Å². The largest absolute Gasteiger partial charge is 0.357 e. The van der Waals surface area contributed by atoms with Crippen LogP contribution in [0.15, 0.2) is 68.5 Å². The molecule has 2 aliphatic carbocycles. The van der Waals surface area contributed by atoms with Gasteiger partial charge >= 0.3 is 0 Å². The molecule has 0 radical (unpaired) electrons. The Morgan fingerprint density at radius 2 is 0.652 bits per heavy atom. The summed E-state index contributed by atoms with van der Waals surface area (Å²) < 4.78 is 0. The van der Waals surface area contributed by atoms with Crippen LogP contribution in [0, 0.1) is 0 Å². The Balaban J connectivity index is 1.23. The van der Waals surface area contributed by atoms with Gasteiger partial charge in [-0.25, -0.2) is 0 Å². The zero-order valence-corrected chi connectivity index (χ0v) is 27.7. The fourth-order valence-electron chi connectivity index (χ4n) is 7.28. The normalized spacial score (nSPS) is 26.0. The van der Waals surface area contributed by atoms with Gasteiger partial charge < -0.3 is 19.9 Å². The molecular weight excluding hydrogens is 568 g/mol. The molecule has 4 atom stereocenters. The molecule has 4 aromatic heterocycles. The van der Waals surface area contributed by atoms with E-state index >= 15 is 0 Å². The second-order valence-electron chi connectivity index (χ2n) is 14.5. The number of fused-ring (bicyclic) bond motifs is 10. The molecule has 240 valence electrons. The summed E-state index contributed by atoms with van der Waals surface area (Å²) in [4.78, 5) is 34.8. The third-order valence-corrected chi connectivity index (χ3v) is 10.5. The molecule has 5 heterocycles. The zero-order chi connectivity index (χ0) is 31.7. The molecule has 4 aromatic rings. The highest BCUT2D eigenvalue weighted by molar-refractivity contribution is 5.80. The van der Waals surface area contributed by atoms with Crippen LogP contribution >= 0.6 is 0 Å². The molecular formula is C38H48N8. The number of aliphatic imine (C=N–C) groups is 4. The van der Waals surface area contributed by atoms with Crippen LogP contribution in [0.2, 0.25) is 0 Å². The van der Waals surface area contributed by atoms with Crippen molar-refractivity contribution in [3.8, 4) is 0 Å². The predicted molar refractivity (Wildman–Crippen MR) is 190 cm³/mol. The van der Waals surface area contributed by atoms with Crippen LogP contribution < -0.4 is 0 Å². The predicted octanol–water partition coefficient (Wildman–Crippen LogP) is 7.66. The van der Waals surface area contributed by atoms with Crippen molar-refractivity contribution in [3.05, 3.63) is 94.1 Å². The Bertz CT molecular complexity index is 1500. The summed E-state index contributed by atoms with van der Waals surface area (Å²) in [6.07, 6.45) is 17.1. The van der Waals surface area contributed by atoms with Crippen molar-refractivity contribution in [1.29, 1.82) is 0 Å². The summed E-state index contributed by atoms with van der Waals surface area (Å²) in [5.74, 6) is 0. The Morgan fingerprint density at radius 1 is 0.413 bits per heavy atom. The molecule has 8 heteroatoms. The molecule has 2 saturated carbocycles. The van der Waals surface area contributed by atoms with Crippen molar-refractivity contribution in [2.75, 3.05) is 0 Å². The van der Waals surface area contributed by atoms with Gasteiger partial charge in [0.1, 0.15) is 0 Å². The summed E-state index contributed by atoms with van der Waals surface area (Å²) in [6.45, 7) is 8.99. The molecule has 0 spiro atoms. The van der Waals surface area contributed by atoms with Crippen LogP contribution in [-0.2, 0) is 10.8 Å². The lowest BCUT2D eigenvalue weighted by Gasteiger charge is -2.25. The Kier molecular flexibility index (Phi) is 8.30. The summed E-state index contributed by atoms with van der Waals surface area (Å²) in [5.41, 5.74) is 8.26. The zero-order valence-electron chi connectivity index (χ0n) is 27.7. The van der Waals surface area contributed by atoms with Crippen molar-refractivity contribution in [2.24, 2.45) is 20.0 Å². The maximum absolute atomic E-state index is 5.07. The summed E-state index contributed by atoms with van der Waals surface area (Å²) in [6, 6.07) is 18.0.